The molecule has 0 aromatic carbocycles. The van der Waals surface area contributed by atoms with Crippen LogP contribution in [0.1, 0.15) is 38.7 Å². The maximum Gasteiger partial charge on any atom is 0.162 e. The predicted molar refractivity (Wildman–Crippen MR) is 77.4 cm³/mol. The number of hydrogen-bond donors (Lipinski definition) is 2. The molecule has 5 nitrogen and oxygen atoms in total. The van der Waals surface area contributed by atoms with E-state index in [0.29, 0.717) is 5.56 Å². The highest BCUT2D eigenvalue weighted by Gasteiger charge is 2.22. The van der Waals surface area contributed by atoms with Gasteiger partial charge in [-0.1, -0.05) is 13.8 Å². The van der Waals surface area contributed by atoms with E-state index in [4.69, 9.17) is 11.1 Å². The van der Waals surface area contributed by atoms with Crippen LogP contribution in [0.4, 0.5) is 5.82 Å². The number of amidine groups is 1. The van der Waals surface area contributed by atoms with E-state index in [0.717, 1.165) is 37.2 Å². The molecule has 3 N–H and O–H groups in total. The van der Waals surface area contributed by atoms with Crippen LogP contribution in [0.15, 0.2) is 12.3 Å². The Bertz CT molecular complexity index is 443. The lowest BCUT2D eigenvalue weighted by Gasteiger charge is -2.23. The van der Waals surface area contributed by atoms with Crippen LogP contribution in [0.5, 0.6) is 0 Å². The van der Waals surface area contributed by atoms with Crippen LogP contribution >= 0.6 is 0 Å². The number of rotatable bonds is 3. The molecule has 1 aromatic heterocycles. The Morgan fingerprint density at radius 3 is 2.89 bits per heavy atom. The van der Waals surface area contributed by atoms with Crippen molar-refractivity contribution < 1.29 is 0 Å². The van der Waals surface area contributed by atoms with E-state index >= 15 is 0 Å². The molecule has 1 fully saturated rings. The maximum atomic E-state index is 7.64. The minimum atomic E-state index is 0.0644. The van der Waals surface area contributed by atoms with Gasteiger partial charge in [-0.15, -0.1) is 5.10 Å². The summed E-state index contributed by atoms with van der Waals surface area (Å²) < 4.78 is 0. The van der Waals surface area contributed by atoms with E-state index in [2.05, 4.69) is 28.9 Å². The largest absolute Gasteiger partial charge is 0.384 e. The van der Waals surface area contributed by atoms with Crippen molar-refractivity contribution in [2.24, 2.45) is 17.6 Å². The Balaban J connectivity index is 2.16. The van der Waals surface area contributed by atoms with Gasteiger partial charge >= 0.3 is 0 Å². The minimum Gasteiger partial charge on any atom is -0.384 e. The summed E-state index contributed by atoms with van der Waals surface area (Å²) in [6, 6.07) is 1.77. The maximum absolute atomic E-state index is 7.64. The quantitative estimate of drug-likeness (QED) is 0.644. The van der Waals surface area contributed by atoms with E-state index in [1.165, 1.54) is 12.8 Å². The SMILES string of the molecule is CC(C)C1CCCN(c2nnccc2C(=N)N)CC1. The Kier molecular flexibility index (Phi) is 4.35. The molecule has 1 saturated heterocycles. The topological polar surface area (TPSA) is 78.9 Å². The van der Waals surface area contributed by atoms with Crippen LogP contribution in [0, 0.1) is 17.2 Å². The number of nitrogen functional groups attached to an aromatic ring is 1. The lowest BCUT2D eigenvalue weighted by atomic mass is 9.89. The van der Waals surface area contributed by atoms with Gasteiger partial charge in [0.2, 0.25) is 0 Å². The van der Waals surface area contributed by atoms with Gasteiger partial charge in [0.25, 0.3) is 0 Å². The fourth-order valence-corrected chi connectivity index (χ4v) is 2.77. The number of aromatic nitrogens is 2. The van der Waals surface area contributed by atoms with Crippen LogP contribution in [0.2, 0.25) is 0 Å². The van der Waals surface area contributed by atoms with E-state index < -0.39 is 0 Å². The smallest absolute Gasteiger partial charge is 0.162 e. The second-order valence-electron chi connectivity index (χ2n) is 5.60. The van der Waals surface area contributed by atoms with E-state index in [1.807, 2.05) is 0 Å². The first-order chi connectivity index (χ1) is 9.09. The summed E-state index contributed by atoms with van der Waals surface area (Å²) in [6.07, 6.45) is 5.20. The van der Waals surface area contributed by atoms with Crippen molar-refractivity contribution in [2.75, 3.05) is 18.0 Å². The Labute approximate surface area is 114 Å². The molecule has 19 heavy (non-hydrogen) atoms. The molecule has 5 heteroatoms. The van der Waals surface area contributed by atoms with Crippen molar-refractivity contribution in [3.63, 3.8) is 0 Å². The summed E-state index contributed by atoms with van der Waals surface area (Å²) in [6.45, 7) is 6.54. The summed E-state index contributed by atoms with van der Waals surface area (Å²) in [5.74, 6) is 2.34. The minimum absolute atomic E-state index is 0.0644. The molecule has 0 saturated carbocycles. The number of nitrogens with two attached hydrogens (primary N) is 1. The number of nitrogens with zero attached hydrogens (tertiary/aromatic N) is 3. The standard InChI is InChI=1S/C14H23N5/c1-10(2)11-4-3-8-19(9-6-11)14-12(13(15)16)5-7-17-18-14/h5,7,10-11H,3-4,6,8-9H2,1-2H3,(H3,15,16). The molecule has 1 aromatic rings. The molecule has 1 aliphatic rings. The van der Waals surface area contributed by atoms with Crippen molar-refractivity contribution in [1.82, 2.24) is 10.2 Å². The van der Waals surface area contributed by atoms with Crippen LogP contribution < -0.4 is 10.6 Å². The van der Waals surface area contributed by atoms with Gasteiger partial charge in [0.15, 0.2) is 5.82 Å². The van der Waals surface area contributed by atoms with Gasteiger partial charge in [0.1, 0.15) is 5.84 Å². The molecule has 1 aliphatic heterocycles. The van der Waals surface area contributed by atoms with Gasteiger partial charge in [-0.05, 0) is 37.2 Å². The van der Waals surface area contributed by atoms with Crippen LogP contribution in [0.25, 0.3) is 0 Å². The highest BCUT2D eigenvalue weighted by atomic mass is 15.3. The lowest BCUT2D eigenvalue weighted by Crippen LogP contribution is -2.29. The normalized spacial score (nSPS) is 20.4. The third kappa shape index (κ3) is 3.22. The zero-order chi connectivity index (χ0) is 13.8. The van der Waals surface area contributed by atoms with E-state index in [9.17, 15) is 0 Å². The highest BCUT2D eigenvalue weighted by Crippen LogP contribution is 2.27. The fourth-order valence-electron chi connectivity index (χ4n) is 2.77. The second-order valence-corrected chi connectivity index (χ2v) is 5.60. The third-order valence-corrected chi connectivity index (χ3v) is 4.01. The molecule has 0 amide bonds. The first-order valence-electron chi connectivity index (χ1n) is 7.00. The summed E-state index contributed by atoms with van der Waals surface area (Å²) in [4.78, 5) is 2.23. The van der Waals surface area contributed by atoms with Crippen molar-refractivity contribution in [2.45, 2.75) is 33.1 Å². The van der Waals surface area contributed by atoms with Crippen molar-refractivity contribution in [3.8, 4) is 0 Å². The Morgan fingerprint density at radius 2 is 2.21 bits per heavy atom. The number of hydrogen-bond acceptors (Lipinski definition) is 4. The zero-order valence-corrected chi connectivity index (χ0v) is 11.8. The molecule has 0 bridgehead atoms. The molecular weight excluding hydrogens is 238 g/mol. The first kappa shape index (κ1) is 13.8. The van der Waals surface area contributed by atoms with Crippen LogP contribution in [-0.2, 0) is 0 Å². The number of anilines is 1. The summed E-state index contributed by atoms with van der Waals surface area (Å²) >= 11 is 0. The van der Waals surface area contributed by atoms with Gasteiger partial charge in [0.05, 0.1) is 11.8 Å². The van der Waals surface area contributed by atoms with Gasteiger partial charge in [-0.25, -0.2) is 0 Å². The molecule has 1 unspecified atom stereocenters. The monoisotopic (exact) mass is 261 g/mol. The molecule has 1 atom stereocenters. The lowest BCUT2D eigenvalue weighted by molar-refractivity contribution is 0.351. The molecular formula is C14H23N5. The van der Waals surface area contributed by atoms with Crippen LogP contribution in [0.3, 0.4) is 0 Å². The van der Waals surface area contributed by atoms with Gasteiger partial charge in [-0.2, -0.15) is 5.10 Å². The van der Waals surface area contributed by atoms with Crippen molar-refractivity contribution >= 4 is 11.7 Å². The van der Waals surface area contributed by atoms with Crippen molar-refractivity contribution in [3.05, 3.63) is 17.8 Å². The third-order valence-electron chi connectivity index (χ3n) is 4.01. The van der Waals surface area contributed by atoms with Crippen LogP contribution in [-0.4, -0.2) is 29.1 Å². The summed E-state index contributed by atoms with van der Waals surface area (Å²) in [5.41, 5.74) is 6.32. The highest BCUT2D eigenvalue weighted by molar-refractivity contribution is 5.99. The van der Waals surface area contributed by atoms with E-state index in [-0.39, 0.29) is 5.84 Å². The number of nitrogens with one attached hydrogen (secondary N) is 1. The second kappa shape index (κ2) is 5.99. The van der Waals surface area contributed by atoms with Crippen molar-refractivity contribution in [1.29, 1.82) is 5.41 Å². The van der Waals surface area contributed by atoms with Gasteiger partial charge in [0, 0.05) is 13.1 Å². The molecule has 104 valence electrons. The Morgan fingerprint density at radius 1 is 1.42 bits per heavy atom. The average Bonchev–Trinajstić information content (AvgIpc) is 2.64. The van der Waals surface area contributed by atoms with E-state index in [1.54, 1.807) is 12.3 Å². The average molecular weight is 261 g/mol. The molecule has 0 spiro atoms. The van der Waals surface area contributed by atoms with Gasteiger partial charge in [-0.3, -0.25) is 5.41 Å². The predicted octanol–water partition coefficient (Wildman–Crippen LogP) is 2.02. The first-order valence-corrected chi connectivity index (χ1v) is 7.00. The Hall–Kier alpha value is -1.65. The van der Waals surface area contributed by atoms with Gasteiger partial charge < -0.3 is 10.6 Å². The molecule has 0 radical (unpaired) electrons. The molecule has 2 rings (SSSR count). The molecule has 2 heterocycles. The fraction of sp³-hybridized carbons (Fsp3) is 0.643. The summed E-state index contributed by atoms with van der Waals surface area (Å²) in [5, 5.41) is 15.8. The molecule has 0 aliphatic carbocycles. The summed E-state index contributed by atoms with van der Waals surface area (Å²) in [7, 11) is 0. The zero-order valence-electron chi connectivity index (χ0n) is 11.8.